The summed E-state index contributed by atoms with van der Waals surface area (Å²) in [5.74, 6) is -1.10. The SMILES string of the molecule is CC(Cn1cccn1)NCc1c(F)ccc(Br)c1F. The zero-order chi connectivity index (χ0) is 13.8. The van der Waals surface area contributed by atoms with Crippen LogP contribution in [0.5, 0.6) is 0 Å². The van der Waals surface area contributed by atoms with Gasteiger partial charge in [0.1, 0.15) is 11.6 Å². The van der Waals surface area contributed by atoms with E-state index < -0.39 is 11.6 Å². The van der Waals surface area contributed by atoms with Crippen LogP contribution in [-0.4, -0.2) is 15.8 Å². The summed E-state index contributed by atoms with van der Waals surface area (Å²) in [5.41, 5.74) is 0.0432. The fourth-order valence-electron chi connectivity index (χ4n) is 1.76. The second-order valence-corrected chi connectivity index (χ2v) is 5.19. The zero-order valence-electron chi connectivity index (χ0n) is 10.4. The molecule has 1 unspecified atom stereocenters. The van der Waals surface area contributed by atoms with Crippen molar-refractivity contribution in [3.8, 4) is 0 Å². The summed E-state index contributed by atoms with van der Waals surface area (Å²) in [7, 11) is 0. The van der Waals surface area contributed by atoms with Crippen molar-refractivity contribution in [2.75, 3.05) is 0 Å². The Bertz CT molecular complexity index is 543. The molecule has 1 heterocycles. The first kappa shape index (κ1) is 14.1. The Labute approximate surface area is 118 Å². The van der Waals surface area contributed by atoms with Crippen molar-refractivity contribution < 1.29 is 8.78 Å². The molecular formula is C13H14BrF2N3. The molecule has 1 aromatic carbocycles. The molecule has 0 spiro atoms. The molecule has 0 saturated heterocycles. The van der Waals surface area contributed by atoms with Gasteiger partial charge >= 0.3 is 0 Å². The standard InChI is InChI=1S/C13H14BrF2N3/c1-9(8-19-6-2-5-18-19)17-7-10-12(15)4-3-11(14)13(10)16/h2-6,9,17H,7-8H2,1H3. The topological polar surface area (TPSA) is 29.9 Å². The smallest absolute Gasteiger partial charge is 0.144 e. The predicted octanol–water partition coefficient (Wildman–Crippen LogP) is 3.10. The lowest BCUT2D eigenvalue weighted by Gasteiger charge is -2.15. The molecule has 0 bridgehead atoms. The molecule has 2 aromatic rings. The minimum absolute atomic E-state index is 0.0432. The molecule has 19 heavy (non-hydrogen) atoms. The Hall–Kier alpha value is -1.27. The van der Waals surface area contributed by atoms with Crippen LogP contribution in [0.3, 0.4) is 0 Å². The Morgan fingerprint density at radius 2 is 2.21 bits per heavy atom. The summed E-state index contributed by atoms with van der Waals surface area (Å²) in [6, 6.07) is 4.50. The third kappa shape index (κ3) is 3.61. The van der Waals surface area contributed by atoms with Crippen LogP contribution in [0.15, 0.2) is 35.1 Å². The molecule has 0 aliphatic heterocycles. The van der Waals surface area contributed by atoms with E-state index in [-0.39, 0.29) is 22.6 Å². The number of nitrogens with one attached hydrogen (secondary N) is 1. The van der Waals surface area contributed by atoms with Gasteiger partial charge < -0.3 is 5.32 Å². The molecule has 102 valence electrons. The summed E-state index contributed by atoms with van der Waals surface area (Å²) in [6.07, 6.45) is 3.54. The molecule has 3 nitrogen and oxygen atoms in total. The average molecular weight is 330 g/mol. The third-order valence-corrected chi connectivity index (χ3v) is 3.40. The van der Waals surface area contributed by atoms with Gasteiger partial charge in [0.25, 0.3) is 0 Å². The Morgan fingerprint density at radius 1 is 1.42 bits per heavy atom. The third-order valence-electron chi connectivity index (χ3n) is 2.79. The van der Waals surface area contributed by atoms with Gasteiger partial charge in [-0.15, -0.1) is 0 Å². The Morgan fingerprint density at radius 3 is 2.89 bits per heavy atom. The lowest BCUT2D eigenvalue weighted by Crippen LogP contribution is -2.30. The Balaban J connectivity index is 1.97. The zero-order valence-corrected chi connectivity index (χ0v) is 12.0. The van der Waals surface area contributed by atoms with Gasteiger partial charge in [0.15, 0.2) is 0 Å². The molecule has 0 fully saturated rings. The molecular weight excluding hydrogens is 316 g/mol. The molecule has 2 rings (SSSR count). The predicted molar refractivity (Wildman–Crippen MR) is 72.6 cm³/mol. The van der Waals surface area contributed by atoms with E-state index in [1.54, 1.807) is 10.9 Å². The van der Waals surface area contributed by atoms with E-state index >= 15 is 0 Å². The van der Waals surface area contributed by atoms with Gasteiger partial charge in [-0.1, -0.05) is 0 Å². The van der Waals surface area contributed by atoms with Gasteiger partial charge in [-0.25, -0.2) is 8.78 Å². The highest BCUT2D eigenvalue weighted by Crippen LogP contribution is 2.21. The number of aromatic nitrogens is 2. The molecule has 0 aliphatic rings. The molecule has 0 saturated carbocycles. The van der Waals surface area contributed by atoms with Gasteiger partial charge in [0.05, 0.1) is 11.0 Å². The molecule has 1 aromatic heterocycles. The molecule has 1 N–H and O–H groups in total. The highest BCUT2D eigenvalue weighted by Gasteiger charge is 2.13. The second kappa shape index (κ2) is 6.25. The van der Waals surface area contributed by atoms with E-state index in [2.05, 4.69) is 26.3 Å². The lowest BCUT2D eigenvalue weighted by molar-refractivity contribution is 0.437. The maximum absolute atomic E-state index is 13.7. The fraction of sp³-hybridized carbons (Fsp3) is 0.308. The van der Waals surface area contributed by atoms with Crippen LogP contribution in [0.4, 0.5) is 8.78 Å². The summed E-state index contributed by atoms with van der Waals surface area (Å²) in [6.45, 7) is 2.72. The number of rotatable bonds is 5. The van der Waals surface area contributed by atoms with Gasteiger partial charge in [0, 0.05) is 30.5 Å². The van der Waals surface area contributed by atoms with Gasteiger partial charge in [-0.2, -0.15) is 5.10 Å². The van der Waals surface area contributed by atoms with Crippen LogP contribution in [-0.2, 0) is 13.1 Å². The van der Waals surface area contributed by atoms with Crippen LogP contribution in [0.25, 0.3) is 0 Å². The summed E-state index contributed by atoms with van der Waals surface area (Å²) in [4.78, 5) is 0. The molecule has 1 atom stereocenters. The number of halogens is 3. The lowest BCUT2D eigenvalue weighted by atomic mass is 10.2. The van der Waals surface area contributed by atoms with Crippen molar-refractivity contribution in [2.45, 2.75) is 26.1 Å². The van der Waals surface area contributed by atoms with Gasteiger partial charge in [0.2, 0.25) is 0 Å². The highest BCUT2D eigenvalue weighted by atomic mass is 79.9. The average Bonchev–Trinajstić information content (AvgIpc) is 2.87. The molecule has 6 heteroatoms. The van der Waals surface area contributed by atoms with Crippen molar-refractivity contribution in [2.24, 2.45) is 0 Å². The van der Waals surface area contributed by atoms with Crippen LogP contribution in [0.2, 0.25) is 0 Å². The first-order valence-corrected chi connectivity index (χ1v) is 6.70. The van der Waals surface area contributed by atoms with E-state index in [0.717, 1.165) is 0 Å². The van der Waals surface area contributed by atoms with Crippen LogP contribution in [0.1, 0.15) is 12.5 Å². The van der Waals surface area contributed by atoms with Gasteiger partial charge in [-0.05, 0) is 41.1 Å². The van der Waals surface area contributed by atoms with Gasteiger partial charge in [-0.3, -0.25) is 4.68 Å². The van der Waals surface area contributed by atoms with Crippen molar-refractivity contribution in [1.82, 2.24) is 15.1 Å². The minimum Gasteiger partial charge on any atom is -0.308 e. The summed E-state index contributed by atoms with van der Waals surface area (Å²) < 4.78 is 29.3. The largest absolute Gasteiger partial charge is 0.308 e. The minimum atomic E-state index is -0.557. The molecule has 0 amide bonds. The number of nitrogens with zero attached hydrogens (tertiary/aromatic N) is 2. The highest BCUT2D eigenvalue weighted by molar-refractivity contribution is 9.10. The number of hydrogen-bond donors (Lipinski definition) is 1. The summed E-state index contributed by atoms with van der Waals surface area (Å²) >= 11 is 3.05. The van der Waals surface area contributed by atoms with Crippen LogP contribution < -0.4 is 5.32 Å². The maximum Gasteiger partial charge on any atom is 0.144 e. The number of benzene rings is 1. The van der Waals surface area contributed by atoms with Crippen LogP contribution >= 0.6 is 15.9 Å². The normalized spacial score (nSPS) is 12.6. The first-order valence-electron chi connectivity index (χ1n) is 5.91. The van der Waals surface area contributed by atoms with Crippen molar-refractivity contribution in [3.63, 3.8) is 0 Å². The van der Waals surface area contributed by atoms with E-state index in [0.29, 0.717) is 6.54 Å². The van der Waals surface area contributed by atoms with Crippen molar-refractivity contribution >= 4 is 15.9 Å². The molecule has 0 aliphatic carbocycles. The van der Waals surface area contributed by atoms with Crippen LogP contribution in [0, 0.1) is 11.6 Å². The van der Waals surface area contributed by atoms with Crippen molar-refractivity contribution in [1.29, 1.82) is 0 Å². The Kier molecular flexibility index (Phi) is 4.66. The van der Waals surface area contributed by atoms with E-state index in [1.807, 2.05) is 19.2 Å². The quantitative estimate of drug-likeness (QED) is 0.854. The fourth-order valence-corrected chi connectivity index (χ4v) is 2.13. The maximum atomic E-state index is 13.7. The molecule has 0 radical (unpaired) electrons. The van der Waals surface area contributed by atoms with Crippen molar-refractivity contribution in [3.05, 3.63) is 52.3 Å². The van der Waals surface area contributed by atoms with E-state index in [4.69, 9.17) is 0 Å². The van der Waals surface area contributed by atoms with E-state index in [9.17, 15) is 8.78 Å². The number of hydrogen-bond acceptors (Lipinski definition) is 2. The van der Waals surface area contributed by atoms with E-state index in [1.165, 1.54) is 12.1 Å². The monoisotopic (exact) mass is 329 g/mol. The second-order valence-electron chi connectivity index (χ2n) is 4.33. The first-order chi connectivity index (χ1) is 9.08. The summed E-state index contributed by atoms with van der Waals surface area (Å²) in [5, 5.41) is 7.17.